The minimum absolute atomic E-state index is 0.0392. The molecule has 0 aliphatic carbocycles. The Labute approximate surface area is 464 Å². The molecule has 0 spiro atoms. The summed E-state index contributed by atoms with van der Waals surface area (Å²) in [6.07, 6.45) is 0.326. The summed E-state index contributed by atoms with van der Waals surface area (Å²) in [5.41, 5.74) is 1.76. The van der Waals surface area contributed by atoms with Gasteiger partial charge in [-0.15, -0.1) is 21.5 Å². The zero-order valence-corrected chi connectivity index (χ0v) is 46.5. The van der Waals surface area contributed by atoms with Gasteiger partial charge < -0.3 is 35.5 Å². The van der Waals surface area contributed by atoms with E-state index in [1.165, 1.54) is 55.6 Å². The summed E-state index contributed by atoms with van der Waals surface area (Å²) in [6, 6.07) is 19.8. The number of nitrogens with one attached hydrogen (secondary N) is 4. The fourth-order valence-corrected chi connectivity index (χ4v) is 11.7. The van der Waals surface area contributed by atoms with Gasteiger partial charge in [0.1, 0.15) is 39.7 Å². The average molecular weight is 1130 g/mol. The van der Waals surface area contributed by atoms with Gasteiger partial charge in [0.2, 0.25) is 11.8 Å². The number of methoxy groups -OCH3 is 1. The lowest BCUT2D eigenvalue weighted by Crippen LogP contribution is -2.45. The van der Waals surface area contributed by atoms with Crippen molar-refractivity contribution in [3.8, 4) is 16.8 Å². The largest absolute Gasteiger partial charge is 0.495 e. The monoisotopic (exact) mass is 1130 g/mol. The molecule has 4 N–H and O–H groups in total. The molecule has 15 nitrogen and oxygen atoms in total. The SMILES string of the molecule is COc1cc(C(=O)NCCOCCOCCNC(=O)C[C@@H]2N=C(c3ccc(Cl)cc3)c3c(sc(C)c3C)-n3c(C)nnc32)ccc1NC(=O)C1NC(CC(C)(C)C)[C@](C#N)(c2ccc(Cl)cc2F)C1c1cccc(Cl)c1F. The van der Waals surface area contributed by atoms with Crippen molar-refractivity contribution in [1.82, 2.24) is 30.7 Å². The summed E-state index contributed by atoms with van der Waals surface area (Å²) in [6.45, 7) is 13.2. The molecule has 3 amide bonds. The van der Waals surface area contributed by atoms with Crippen LogP contribution in [-0.2, 0) is 24.5 Å². The summed E-state index contributed by atoms with van der Waals surface area (Å²) < 4.78 is 51.3. The van der Waals surface area contributed by atoms with E-state index in [1.54, 1.807) is 11.3 Å². The van der Waals surface area contributed by atoms with Crippen LogP contribution in [0.1, 0.15) is 100 Å². The maximum atomic E-state index is 16.2. The Morgan fingerprint density at radius 3 is 2.27 bits per heavy atom. The third-order valence-corrected chi connectivity index (χ3v) is 15.6. The van der Waals surface area contributed by atoms with Crippen LogP contribution in [0, 0.1) is 49.2 Å². The van der Waals surface area contributed by atoms with E-state index in [-0.39, 0.29) is 96.4 Å². The van der Waals surface area contributed by atoms with Gasteiger partial charge in [-0.1, -0.05) is 85.9 Å². The normalized spacial score (nSPS) is 18.9. The van der Waals surface area contributed by atoms with Crippen molar-refractivity contribution in [2.45, 2.75) is 83.8 Å². The second-order valence-electron chi connectivity index (χ2n) is 20.0. The van der Waals surface area contributed by atoms with Gasteiger partial charge in [0, 0.05) is 62.2 Å². The number of fused-ring (bicyclic) bond motifs is 3. The van der Waals surface area contributed by atoms with Crippen molar-refractivity contribution in [3.63, 3.8) is 0 Å². The highest BCUT2D eigenvalue weighted by atomic mass is 35.5. The number of hydrogen-bond acceptors (Lipinski definition) is 12. The third kappa shape index (κ3) is 12.2. The molecule has 8 rings (SSSR count). The van der Waals surface area contributed by atoms with Gasteiger partial charge in [-0.2, -0.15) is 5.26 Å². The number of aliphatic imine (C=N–C) groups is 1. The van der Waals surface area contributed by atoms with Crippen LogP contribution in [0.5, 0.6) is 5.75 Å². The molecule has 0 radical (unpaired) electrons. The molecule has 6 aromatic rings. The Balaban J connectivity index is 0.829. The van der Waals surface area contributed by atoms with Gasteiger partial charge in [-0.25, -0.2) is 8.78 Å². The molecule has 77 heavy (non-hydrogen) atoms. The Bertz CT molecular complexity index is 3270. The van der Waals surface area contributed by atoms with Crippen LogP contribution in [0.15, 0.2) is 83.9 Å². The smallest absolute Gasteiger partial charge is 0.251 e. The Hall–Kier alpha value is -6.30. The van der Waals surface area contributed by atoms with Crippen LogP contribution < -0.4 is 26.0 Å². The number of ether oxygens (including phenoxy) is 3. The molecule has 2 aromatic heterocycles. The average Bonchev–Trinajstić information content (AvgIpc) is 4.01. The number of rotatable bonds is 19. The summed E-state index contributed by atoms with van der Waals surface area (Å²) in [5.74, 6) is -2.82. The molecule has 0 bridgehead atoms. The van der Waals surface area contributed by atoms with Gasteiger partial charge in [0.05, 0.1) is 68.5 Å². The fraction of sp³-hybridized carbons (Fsp3) is 0.375. The Morgan fingerprint density at radius 2 is 1.60 bits per heavy atom. The lowest BCUT2D eigenvalue weighted by Gasteiger charge is -2.37. The van der Waals surface area contributed by atoms with Gasteiger partial charge in [-0.05, 0) is 92.3 Å². The predicted octanol–water partition coefficient (Wildman–Crippen LogP) is 10.3. The fourth-order valence-electron chi connectivity index (χ4n) is 10.0. The topological polar surface area (TPSA) is 194 Å². The quantitative estimate of drug-likeness (QED) is 0.0567. The summed E-state index contributed by atoms with van der Waals surface area (Å²) in [4.78, 5) is 47.5. The number of aromatic nitrogens is 3. The molecule has 1 fully saturated rings. The summed E-state index contributed by atoms with van der Waals surface area (Å²) >= 11 is 20.3. The maximum Gasteiger partial charge on any atom is 0.251 e. The number of amides is 3. The van der Waals surface area contributed by atoms with Crippen molar-refractivity contribution in [1.29, 1.82) is 5.26 Å². The predicted molar refractivity (Wildman–Crippen MR) is 294 cm³/mol. The van der Waals surface area contributed by atoms with Crippen LogP contribution in [-0.4, -0.2) is 96.9 Å². The molecular formula is C56H58Cl3F2N9O6S. The van der Waals surface area contributed by atoms with Crippen molar-refractivity contribution >= 4 is 75.3 Å². The molecular weight excluding hydrogens is 1070 g/mol. The maximum absolute atomic E-state index is 16.2. The number of anilines is 1. The lowest BCUT2D eigenvalue weighted by molar-refractivity contribution is -0.121. The molecule has 5 atom stereocenters. The number of aryl methyl sites for hydroxylation is 2. The molecule has 404 valence electrons. The summed E-state index contributed by atoms with van der Waals surface area (Å²) in [5, 5.41) is 33.3. The number of carbonyl (C=O) groups excluding carboxylic acids is 3. The molecule has 2 aliphatic rings. The zero-order chi connectivity index (χ0) is 55.3. The lowest BCUT2D eigenvalue weighted by atomic mass is 9.62. The second kappa shape index (κ2) is 24.2. The Morgan fingerprint density at radius 1 is 0.896 bits per heavy atom. The van der Waals surface area contributed by atoms with Gasteiger partial charge in [0.15, 0.2) is 5.82 Å². The molecule has 2 aliphatic heterocycles. The van der Waals surface area contributed by atoms with Crippen LogP contribution in [0.3, 0.4) is 0 Å². The summed E-state index contributed by atoms with van der Waals surface area (Å²) in [7, 11) is 1.37. The van der Waals surface area contributed by atoms with Crippen LogP contribution >= 0.6 is 46.1 Å². The number of hydrogen-bond donors (Lipinski definition) is 4. The third-order valence-electron chi connectivity index (χ3n) is 13.7. The molecule has 4 aromatic carbocycles. The number of thiophene rings is 1. The number of nitriles is 1. The molecule has 4 heterocycles. The van der Waals surface area contributed by atoms with Gasteiger partial charge in [0.25, 0.3) is 5.91 Å². The van der Waals surface area contributed by atoms with E-state index < -0.39 is 58.3 Å². The highest BCUT2D eigenvalue weighted by Gasteiger charge is 2.61. The van der Waals surface area contributed by atoms with Crippen molar-refractivity contribution in [2.24, 2.45) is 10.4 Å². The van der Waals surface area contributed by atoms with E-state index in [4.69, 9.17) is 54.0 Å². The van der Waals surface area contributed by atoms with E-state index >= 15 is 8.78 Å². The van der Waals surface area contributed by atoms with Crippen LogP contribution in [0.4, 0.5) is 14.5 Å². The van der Waals surface area contributed by atoms with Gasteiger partial charge in [-0.3, -0.25) is 23.9 Å². The Kier molecular flexibility index (Phi) is 17.8. The molecule has 3 unspecified atom stereocenters. The first kappa shape index (κ1) is 56.9. The first-order valence-corrected chi connectivity index (χ1v) is 26.8. The van der Waals surface area contributed by atoms with E-state index in [2.05, 4.69) is 51.4 Å². The van der Waals surface area contributed by atoms with Gasteiger partial charge >= 0.3 is 0 Å². The standard InChI is InChI=1S/C56H58Cl3F2N9O6S/c1-30-31(2)77-54-46(30)49(33-11-14-35(57)15-12-33)65-42(51-69-68-32(3)70(51)54)27-45(71)63-19-21-75-23-24-76-22-20-64-52(72)34-13-18-41(43(25-34)74-7)66-53(73)50-47(37-9-8-10-39(59)48(37)61)56(29-62,44(67-50)28-55(4,5)6)38-17-16-36(58)26-40(38)60/h8-18,25-26,42,44,47,50,67H,19-24,27-28H2,1-7H3,(H,63,71)(H,64,72)(H,66,73)/t42-,44?,47?,50?,56-/m0/s1. The van der Waals surface area contributed by atoms with E-state index in [0.29, 0.717) is 16.7 Å². The number of nitrogens with zero attached hydrogens (tertiary/aromatic N) is 5. The van der Waals surface area contributed by atoms with Crippen LogP contribution in [0.25, 0.3) is 5.00 Å². The second-order valence-corrected chi connectivity index (χ2v) is 22.5. The van der Waals surface area contributed by atoms with Crippen LogP contribution in [0.2, 0.25) is 15.1 Å². The molecule has 21 heteroatoms. The van der Waals surface area contributed by atoms with E-state index in [0.717, 1.165) is 38.3 Å². The first-order chi connectivity index (χ1) is 36.8. The minimum atomic E-state index is -1.82. The minimum Gasteiger partial charge on any atom is -0.495 e. The zero-order valence-electron chi connectivity index (χ0n) is 43.5. The number of halogens is 5. The van der Waals surface area contributed by atoms with E-state index in [1.807, 2.05) is 56.5 Å². The van der Waals surface area contributed by atoms with Crippen molar-refractivity contribution in [3.05, 3.63) is 155 Å². The number of carbonyl (C=O) groups is 3. The highest BCUT2D eigenvalue weighted by molar-refractivity contribution is 7.15. The first-order valence-electron chi connectivity index (χ1n) is 24.9. The molecule has 0 saturated carbocycles. The van der Waals surface area contributed by atoms with Crippen molar-refractivity contribution < 1.29 is 37.4 Å². The van der Waals surface area contributed by atoms with E-state index in [9.17, 15) is 19.6 Å². The van der Waals surface area contributed by atoms with Crippen molar-refractivity contribution in [2.75, 3.05) is 51.9 Å². The molecule has 1 saturated heterocycles. The highest BCUT2D eigenvalue weighted by Crippen LogP contribution is 2.53. The number of benzene rings is 4.